The number of hydrogen-bond donors (Lipinski definition) is 3. The maximum absolute atomic E-state index is 12.1. The van der Waals surface area contributed by atoms with Crippen molar-refractivity contribution in [2.24, 2.45) is 0 Å². The Morgan fingerprint density at radius 1 is 1.23 bits per heavy atom. The number of benzene rings is 1. The number of carboxylic acid groups (broad SMARTS) is 1. The fourth-order valence-corrected chi connectivity index (χ4v) is 4.24. The van der Waals surface area contributed by atoms with Gasteiger partial charge in [0.05, 0.1) is 11.7 Å². The average molecular weight is 409 g/mol. The van der Waals surface area contributed by atoms with Gasteiger partial charge in [0.1, 0.15) is 5.56 Å². The summed E-state index contributed by atoms with van der Waals surface area (Å²) in [5.41, 5.74) is 6.29. The molecule has 2 atom stereocenters. The molecule has 158 valence electrons. The number of nitrogens with zero attached hydrogens (tertiary/aromatic N) is 2. The van der Waals surface area contributed by atoms with E-state index in [4.69, 9.17) is 0 Å². The molecule has 0 spiro atoms. The van der Waals surface area contributed by atoms with E-state index in [1.165, 1.54) is 6.07 Å². The Morgan fingerprint density at radius 2 is 2.00 bits per heavy atom. The van der Waals surface area contributed by atoms with Crippen LogP contribution in [0.1, 0.15) is 42.6 Å². The standard InChI is InChI=1S/C23H28N4O3/c1-3-15-13-20(23(29)30)22(28)24-21(15)16-5-7-18(8-6-16)26-11-10-19(14-26)27-12-9-17(4-2)25-27/h5-9,12-13,17,19,25H,3-4,10-11,14H2,1-2H3,(H,24,28)(H,29,30). The number of anilines is 1. The molecule has 0 saturated carbocycles. The Kier molecular flexibility index (Phi) is 5.63. The highest BCUT2D eigenvalue weighted by atomic mass is 16.4. The SMILES string of the molecule is CCc1cc(C(=O)O)c(=O)[nH]c1-c1ccc(N2CCC(N3C=CC(CC)N3)C2)cc1. The predicted octanol–water partition coefficient (Wildman–Crippen LogP) is 2.99. The van der Waals surface area contributed by atoms with Crippen LogP contribution < -0.4 is 15.9 Å². The third kappa shape index (κ3) is 3.85. The molecular formula is C23H28N4O3. The van der Waals surface area contributed by atoms with Crippen LogP contribution in [0.3, 0.4) is 0 Å². The lowest BCUT2D eigenvalue weighted by molar-refractivity contribution is 0.0695. The first-order valence-corrected chi connectivity index (χ1v) is 10.6. The summed E-state index contributed by atoms with van der Waals surface area (Å²) in [6.07, 6.45) is 7.20. The van der Waals surface area contributed by atoms with Gasteiger partial charge in [-0.05, 0) is 54.7 Å². The fourth-order valence-electron chi connectivity index (χ4n) is 4.24. The number of carboxylic acids is 1. The normalized spacial score (nSPS) is 20.9. The number of aryl methyl sites for hydroxylation is 1. The summed E-state index contributed by atoms with van der Waals surface area (Å²) in [5, 5.41) is 11.4. The van der Waals surface area contributed by atoms with Crippen LogP contribution in [0.15, 0.2) is 47.4 Å². The summed E-state index contributed by atoms with van der Waals surface area (Å²) in [4.78, 5) is 28.5. The van der Waals surface area contributed by atoms with Crippen molar-refractivity contribution in [3.05, 3.63) is 64.1 Å². The maximum Gasteiger partial charge on any atom is 0.341 e. The second kappa shape index (κ2) is 8.36. The third-order valence-electron chi connectivity index (χ3n) is 6.05. The maximum atomic E-state index is 12.1. The van der Waals surface area contributed by atoms with Gasteiger partial charge in [-0.3, -0.25) is 4.79 Å². The summed E-state index contributed by atoms with van der Waals surface area (Å²) in [7, 11) is 0. The van der Waals surface area contributed by atoms with Gasteiger partial charge in [-0.2, -0.15) is 0 Å². The van der Waals surface area contributed by atoms with Crippen molar-refractivity contribution in [3.63, 3.8) is 0 Å². The van der Waals surface area contributed by atoms with Gasteiger partial charge in [-0.15, -0.1) is 0 Å². The van der Waals surface area contributed by atoms with E-state index in [1.54, 1.807) is 0 Å². The molecule has 3 N–H and O–H groups in total. The number of aromatic amines is 1. The molecule has 2 unspecified atom stereocenters. The zero-order valence-corrected chi connectivity index (χ0v) is 17.4. The lowest BCUT2D eigenvalue weighted by Gasteiger charge is -2.26. The molecule has 1 aromatic carbocycles. The van der Waals surface area contributed by atoms with Crippen LogP contribution in [-0.4, -0.2) is 46.2 Å². The number of aromatic carboxylic acids is 1. The lowest BCUT2D eigenvalue weighted by atomic mass is 10.0. The molecule has 2 aliphatic rings. The molecule has 2 aliphatic heterocycles. The monoisotopic (exact) mass is 408 g/mol. The van der Waals surface area contributed by atoms with Gasteiger partial charge in [0.2, 0.25) is 0 Å². The summed E-state index contributed by atoms with van der Waals surface area (Å²) >= 11 is 0. The van der Waals surface area contributed by atoms with E-state index in [0.29, 0.717) is 24.2 Å². The molecule has 7 nitrogen and oxygen atoms in total. The zero-order chi connectivity index (χ0) is 21.3. The van der Waals surface area contributed by atoms with E-state index >= 15 is 0 Å². The van der Waals surface area contributed by atoms with E-state index in [2.05, 4.69) is 51.7 Å². The molecular weight excluding hydrogens is 380 g/mol. The summed E-state index contributed by atoms with van der Waals surface area (Å²) in [6.45, 7) is 6.08. The number of carbonyl (C=O) groups is 1. The van der Waals surface area contributed by atoms with Crippen molar-refractivity contribution in [1.82, 2.24) is 15.4 Å². The Hall–Kier alpha value is -3.06. The zero-order valence-electron chi connectivity index (χ0n) is 17.4. The predicted molar refractivity (Wildman–Crippen MR) is 118 cm³/mol. The van der Waals surface area contributed by atoms with Crippen LogP contribution in [0.5, 0.6) is 0 Å². The molecule has 0 bridgehead atoms. The van der Waals surface area contributed by atoms with Crippen LogP contribution in [0.25, 0.3) is 11.3 Å². The molecule has 1 aromatic heterocycles. The molecule has 0 aliphatic carbocycles. The smallest absolute Gasteiger partial charge is 0.341 e. The quantitative estimate of drug-likeness (QED) is 0.681. The highest BCUT2D eigenvalue weighted by molar-refractivity contribution is 5.88. The van der Waals surface area contributed by atoms with Gasteiger partial charge in [0.25, 0.3) is 5.56 Å². The molecule has 2 aromatic rings. The number of H-pyrrole nitrogens is 1. The summed E-state index contributed by atoms with van der Waals surface area (Å²) in [6, 6.07) is 10.5. The topological polar surface area (TPSA) is 88.7 Å². The minimum absolute atomic E-state index is 0.217. The Labute approximate surface area is 176 Å². The van der Waals surface area contributed by atoms with Crippen molar-refractivity contribution in [2.45, 2.75) is 45.2 Å². The van der Waals surface area contributed by atoms with Crippen molar-refractivity contribution in [3.8, 4) is 11.3 Å². The summed E-state index contributed by atoms with van der Waals surface area (Å²) < 4.78 is 0. The van der Waals surface area contributed by atoms with Crippen LogP contribution in [0, 0.1) is 0 Å². The summed E-state index contributed by atoms with van der Waals surface area (Å²) in [5.74, 6) is -1.20. The molecule has 4 rings (SSSR count). The second-order valence-electron chi connectivity index (χ2n) is 7.90. The van der Waals surface area contributed by atoms with Gasteiger partial charge in [-0.1, -0.05) is 26.0 Å². The molecule has 0 amide bonds. The Balaban J connectivity index is 1.50. The number of hydrogen-bond acceptors (Lipinski definition) is 5. The number of rotatable bonds is 6. The first-order chi connectivity index (χ1) is 14.5. The van der Waals surface area contributed by atoms with Crippen molar-refractivity contribution >= 4 is 11.7 Å². The number of aromatic nitrogens is 1. The van der Waals surface area contributed by atoms with Crippen LogP contribution in [0.2, 0.25) is 0 Å². The van der Waals surface area contributed by atoms with Crippen molar-refractivity contribution in [1.29, 1.82) is 0 Å². The van der Waals surface area contributed by atoms with E-state index in [0.717, 1.165) is 42.7 Å². The van der Waals surface area contributed by atoms with E-state index < -0.39 is 11.5 Å². The highest BCUT2D eigenvalue weighted by Crippen LogP contribution is 2.28. The van der Waals surface area contributed by atoms with E-state index in [1.807, 2.05) is 19.1 Å². The highest BCUT2D eigenvalue weighted by Gasteiger charge is 2.29. The minimum Gasteiger partial charge on any atom is -0.477 e. The second-order valence-corrected chi connectivity index (χ2v) is 7.90. The van der Waals surface area contributed by atoms with Crippen LogP contribution in [0.4, 0.5) is 5.69 Å². The Bertz CT molecular complexity index is 1010. The third-order valence-corrected chi connectivity index (χ3v) is 6.05. The van der Waals surface area contributed by atoms with E-state index in [-0.39, 0.29) is 5.56 Å². The first-order valence-electron chi connectivity index (χ1n) is 10.6. The molecule has 1 saturated heterocycles. The van der Waals surface area contributed by atoms with E-state index in [9.17, 15) is 14.7 Å². The van der Waals surface area contributed by atoms with Gasteiger partial charge in [0.15, 0.2) is 0 Å². The number of nitrogens with one attached hydrogen (secondary N) is 2. The number of hydrazine groups is 1. The number of pyridine rings is 1. The van der Waals surface area contributed by atoms with Crippen LogP contribution in [-0.2, 0) is 6.42 Å². The molecule has 30 heavy (non-hydrogen) atoms. The van der Waals surface area contributed by atoms with Crippen molar-refractivity contribution < 1.29 is 9.90 Å². The van der Waals surface area contributed by atoms with Crippen molar-refractivity contribution in [2.75, 3.05) is 18.0 Å². The Morgan fingerprint density at radius 3 is 2.63 bits per heavy atom. The van der Waals surface area contributed by atoms with Gasteiger partial charge in [0, 0.05) is 31.0 Å². The first kappa shape index (κ1) is 20.2. The van der Waals surface area contributed by atoms with Crippen LogP contribution >= 0.6 is 0 Å². The molecule has 1 fully saturated rings. The molecule has 0 radical (unpaired) electrons. The minimum atomic E-state index is -1.20. The van der Waals surface area contributed by atoms with Gasteiger partial charge >= 0.3 is 5.97 Å². The molecule has 3 heterocycles. The largest absolute Gasteiger partial charge is 0.477 e. The van der Waals surface area contributed by atoms with Gasteiger partial charge in [-0.25, -0.2) is 10.2 Å². The average Bonchev–Trinajstić information content (AvgIpc) is 3.43. The lowest BCUT2D eigenvalue weighted by Crippen LogP contribution is -2.43. The fraction of sp³-hybridized carbons (Fsp3) is 0.391. The molecule has 7 heteroatoms. The van der Waals surface area contributed by atoms with Gasteiger partial charge < -0.3 is 20.0 Å².